The summed E-state index contributed by atoms with van der Waals surface area (Å²) in [5, 5.41) is 2.96. The number of ether oxygens (including phenoxy) is 2. The van der Waals surface area contributed by atoms with Crippen molar-refractivity contribution in [3.63, 3.8) is 0 Å². The average molecular weight is 294 g/mol. The molecule has 0 amide bonds. The van der Waals surface area contributed by atoms with Gasteiger partial charge < -0.3 is 14.8 Å². The highest BCUT2D eigenvalue weighted by atomic mass is 32.2. The minimum atomic E-state index is -3.42. The molecule has 1 N–H and O–H groups in total. The van der Waals surface area contributed by atoms with E-state index in [9.17, 15) is 13.2 Å². The molecule has 0 aliphatic carbocycles. The van der Waals surface area contributed by atoms with E-state index >= 15 is 0 Å². The fourth-order valence-corrected chi connectivity index (χ4v) is 3.30. The predicted octanol–water partition coefficient (Wildman–Crippen LogP) is -0.810. The van der Waals surface area contributed by atoms with Gasteiger partial charge in [-0.2, -0.15) is 4.31 Å². The lowest BCUT2D eigenvalue weighted by atomic mass is 10.3. The summed E-state index contributed by atoms with van der Waals surface area (Å²) in [5.41, 5.74) is 0. The van der Waals surface area contributed by atoms with Gasteiger partial charge in [-0.3, -0.25) is 4.79 Å². The van der Waals surface area contributed by atoms with E-state index < -0.39 is 16.0 Å². The molecule has 8 heteroatoms. The Kier molecular flexibility index (Phi) is 6.70. The largest absolute Gasteiger partial charge is 0.466 e. The van der Waals surface area contributed by atoms with Crippen LogP contribution in [0.1, 0.15) is 13.3 Å². The predicted molar refractivity (Wildman–Crippen MR) is 70.3 cm³/mol. The number of rotatable bonds is 7. The van der Waals surface area contributed by atoms with Crippen LogP contribution in [0.15, 0.2) is 0 Å². The fourth-order valence-electron chi connectivity index (χ4n) is 1.87. The van der Waals surface area contributed by atoms with Gasteiger partial charge in [-0.25, -0.2) is 8.42 Å². The molecule has 1 unspecified atom stereocenters. The van der Waals surface area contributed by atoms with Gasteiger partial charge in [-0.1, -0.05) is 0 Å². The highest BCUT2D eigenvalue weighted by Crippen LogP contribution is 2.11. The van der Waals surface area contributed by atoms with Gasteiger partial charge in [0, 0.05) is 19.6 Å². The number of hydrogen-bond donors (Lipinski definition) is 1. The van der Waals surface area contributed by atoms with Crippen LogP contribution < -0.4 is 5.32 Å². The van der Waals surface area contributed by atoms with Crippen molar-refractivity contribution in [1.82, 2.24) is 9.62 Å². The molecule has 1 aliphatic rings. The van der Waals surface area contributed by atoms with Gasteiger partial charge in [0.05, 0.1) is 31.5 Å². The van der Waals surface area contributed by atoms with Crippen LogP contribution in [0.2, 0.25) is 0 Å². The normalized spacial score (nSPS) is 21.3. The Hall–Kier alpha value is -0.700. The number of carbonyl (C=O) groups is 1. The molecule has 1 fully saturated rings. The molecule has 19 heavy (non-hydrogen) atoms. The first-order chi connectivity index (χ1) is 8.99. The summed E-state index contributed by atoms with van der Waals surface area (Å²) in [7, 11) is -1.63. The molecular formula is C11H22N2O5S. The van der Waals surface area contributed by atoms with Crippen molar-refractivity contribution in [3.8, 4) is 0 Å². The van der Waals surface area contributed by atoms with Crippen molar-refractivity contribution in [1.29, 1.82) is 0 Å². The van der Waals surface area contributed by atoms with E-state index in [1.807, 2.05) is 0 Å². The summed E-state index contributed by atoms with van der Waals surface area (Å²) in [5.74, 6) is -0.691. The van der Waals surface area contributed by atoms with Crippen molar-refractivity contribution < 1.29 is 22.7 Å². The smallest absolute Gasteiger partial charge is 0.306 e. The summed E-state index contributed by atoms with van der Waals surface area (Å²) in [4.78, 5) is 11.2. The zero-order valence-electron chi connectivity index (χ0n) is 11.4. The molecule has 0 aromatic heterocycles. The number of nitrogens with one attached hydrogen (secondary N) is 1. The summed E-state index contributed by atoms with van der Waals surface area (Å²) in [6.45, 7) is 3.60. The van der Waals surface area contributed by atoms with Gasteiger partial charge in [0.2, 0.25) is 10.0 Å². The maximum absolute atomic E-state index is 12.1. The van der Waals surface area contributed by atoms with Crippen molar-refractivity contribution >= 4 is 16.0 Å². The average Bonchev–Trinajstić information content (AvgIpc) is 2.38. The van der Waals surface area contributed by atoms with E-state index in [0.717, 1.165) is 0 Å². The lowest BCUT2D eigenvalue weighted by molar-refractivity contribution is -0.142. The summed E-state index contributed by atoms with van der Waals surface area (Å²) < 4.78 is 35.7. The van der Waals surface area contributed by atoms with Crippen LogP contribution in [0, 0.1) is 0 Å². The van der Waals surface area contributed by atoms with Crippen LogP contribution in [0.4, 0.5) is 0 Å². The number of carbonyl (C=O) groups excluding carboxylic acids is 1. The Morgan fingerprint density at radius 2 is 2.26 bits per heavy atom. The number of esters is 1. The van der Waals surface area contributed by atoms with Gasteiger partial charge in [-0.05, 0) is 14.0 Å². The summed E-state index contributed by atoms with van der Waals surface area (Å²) in [6.07, 6.45) is -0.249. The monoisotopic (exact) mass is 294 g/mol. The van der Waals surface area contributed by atoms with Crippen molar-refractivity contribution in [2.45, 2.75) is 19.4 Å². The highest BCUT2D eigenvalue weighted by molar-refractivity contribution is 7.89. The second-order valence-electron chi connectivity index (χ2n) is 4.28. The molecule has 1 aliphatic heterocycles. The number of likely N-dealkylation sites (N-methyl/N-ethyl adjacent to an activating group) is 1. The summed E-state index contributed by atoms with van der Waals surface area (Å²) in [6, 6.07) is 0. The van der Waals surface area contributed by atoms with Crippen LogP contribution in [0.25, 0.3) is 0 Å². The third-order valence-electron chi connectivity index (χ3n) is 2.80. The molecule has 0 spiro atoms. The van der Waals surface area contributed by atoms with Crippen molar-refractivity contribution in [2.24, 2.45) is 0 Å². The van der Waals surface area contributed by atoms with Gasteiger partial charge in [0.25, 0.3) is 0 Å². The lowest BCUT2D eigenvalue weighted by Gasteiger charge is -2.32. The SMILES string of the molecule is CCOC(=O)CCS(=O)(=O)N1CCOC(CNC)C1. The zero-order valence-corrected chi connectivity index (χ0v) is 12.2. The molecule has 0 saturated carbocycles. The number of hydrogen-bond acceptors (Lipinski definition) is 6. The van der Waals surface area contributed by atoms with Gasteiger partial charge >= 0.3 is 5.97 Å². The zero-order chi connectivity index (χ0) is 14.3. The van der Waals surface area contributed by atoms with Crippen LogP contribution in [-0.4, -0.2) is 70.4 Å². The van der Waals surface area contributed by atoms with Crippen LogP contribution in [0.3, 0.4) is 0 Å². The van der Waals surface area contributed by atoms with Crippen LogP contribution in [0.5, 0.6) is 0 Å². The van der Waals surface area contributed by atoms with E-state index in [2.05, 4.69) is 5.32 Å². The molecule has 1 atom stereocenters. The molecule has 0 aromatic rings. The Morgan fingerprint density at radius 1 is 1.53 bits per heavy atom. The molecule has 112 valence electrons. The molecule has 0 aromatic carbocycles. The van der Waals surface area contributed by atoms with Gasteiger partial charge in [-0.15, -0.1) is 0 Å². The molecular weight excluding hydrogens is 272 g/mol. The quantitative estimate of drug-likeness (QED) is 0.618. The van der Waals surface area contributed by atoms with Crippen molar-refractivity contribution in [3.05, 3.63) is 0 Å². The Labute approximate surface area is 114 Å². The molecule has 1 saturated heterocycles. The third-order valence-corrected chi connectivity index (χ3v) is 4.63. The van der Waals surface area contributed by atoms with E-state index in [1.165, 1.54) is 4.31 Å². The minimum Gasteiger partial charge on any atom is -0.466 e. The third kappa shape index (κ3) is 5.43. The van der Waals surface area contributed by atoms with E-state index in [0.29, 0.717) is 26.2 Å². The Balaban J connectivity index is 2.49. The first-order valence-corrected chi connectivity index (χ1v) is 8.00. The first-order valence-electron chi connectivity index (χ1n) is 6.39. The molecule has 7 nitrogen and oxygen atoms in total. The molecule has 1 rings (SSSR count). The van der Waals surface area contributed by atoms with Gasteiger partial charge in [0.1, 0.15) is 0 Å². The summed E-state index contributed by atoms with van der Waals surface area (Å²) >= 11 is 0. The number of morpholine rings is 1. The Morgan fingerprint density at radius 3 is 2.89 bits per heavy atom. The minimum absolute atomic E-state index is 0.107. The standard InChI is InChI=1S/C11H22N2O5S/c1-3-17-11(14)4-7-19(15,16)13-5-6-18-10(9-13)8-12-2/h10,12H,3-9H2,1-2H3. The van der Waals surface area contributed by atoms with Gasteiger partial charge in [0.15, 0.2) is 0 Å². The number of sulfonamides is 1. The van der Waals surface area contributed by atoms with Crippen LogP contribution in [-0.2, 0) is 24.3 Å². The number of nitrogens with zero attached hydrogens (tertiary/aromatic N) is 1. The van der Waals surface area contributed by atoms with E-state index in [4.69, 9.17) is 9.47 Å². The van der Waals surface area contributed by atoms with E-state index in [1.54, 1.807) is 14.0 Å². The second-order valence-corrected chi connectivity index (χ2v) is 6.37. The fraction of sp³-hybridized carbons (Fsp3) is 0.909. The Bertz CT molecular complexity index is 383. The maximum atomic E-state index is 12.1. The first kappa shape index (κ1) is 16.4. The molecule has 0 radical (unpaired) electrons. The molecule has 0 bridgehead atoms. The second kappa shape index (κ2) is 7.78. The van der Waals surface area contributed by atoms with Crippen LogP contribution >= 0.6 is 0 Å². The maximum Gasteiger partial charge on any atom is 0.306 e. The highest BCUT2D eigenvalue weighted by Gasteiger charge is 2.29. The molecule has 1 heterocycles. The van der Waals surface area contributed by atoms with E-state index in [-0.39, 0.29) is 24.9 Å². The van der Waals surface area contributed by atoms with Crippen molar-refractivity contribution in [2.75, 3.05) is 45.6 Å². The lowest BCUT2D eigenvalue weighted by Crippen LogP contribution is -2.49. The topological polar surface area (TPSA) is 84.9 Å².